The normalized spacial score (nSPS) is 23.2. The third-order valence-electron chi connectivity index (χ3n) is 5.09. The number of carbonyl (C=O) groups is 3. The highest BCUT2D eigenvalue weighted by Crippen LogP contribution is 2.23. The predicted molar refractivity (Wildman–Crippen MR) is 106 cm³/mol. The fourth-order valence-corrected chi connectivity index (χ4v) is 3.62. The number of ketones is 1. The van der Waals surface area contributed by atoms with Crippen LogP contribution in [0, 0.1) is 23.7 Å². The molecule has 0 bridgehead atoms. The molecule has 5 atom stereocenters. The number of nitrogens with one attached hydrogen (secondary N) is 3. The summed E-state index contributed by atoms with van der Waals surface area (Å²) >= 11 is 0. The Labute approximate surface area is 167 Å². The molecule has 0 aromatic heterocycles. The van der Waals surface area contributed by atoms with Crippen molar-refractivity contribution >= 4 is 17.6 Å². The quantitative estimate of drug-likeness (QED) is 0.347. The molecule has 2 amide bonds. The molecule has 0 spiro atoms. The number of rotatable bonds is 10. The minimum absolute atomic E-state index is 0.280. The molecule has 0 aromatic carbocycles. The van der Waals surface area contributed by atoms with Gasteiger partial charge < -0.3 is 26.2 Å². The molecule has 1 rings (SSSR count). The van der Waals surface area contributed by atoms with Crippen molar-refractivity contribution in [2.24, 2.45) is 23.7 Å². The van der Waals surface area contributed by atoms with Crippen molar-refractivity contribution in [3.63, 3.8) is 0 Å². The Hall–Kier alpha value is -1.51. The van der Waals surface area contributed by atoms with E-state index >= 15 is 0 Å². The fraction of sp³-hybridized carbons (Fsp3) is 0.850. The second-order valence-electron chi connectivity index (χ2n) is 8.61. The number of aliphatic hydroxyl groups excluding tert-OH is 2. The maximum atomic E-state index is 12.7. The van der Waals surface area contributed by atoms with Crippen molar-refractivity contribution in [2.75, 3.05) is 19.7 Å². The van der Waals surface area contributed by atoms with Crippen LogP contribution in [0.1, 0.15) is 47.5 Å². The van der Waals surface area contributed by atoms with E-state index in [1.54, 1.807) is 13.8 Å². The zero-order chi connectivity index (χ0) is 21.4. The first kappa shape index (κ1) is 24.5. The van der Waals surface area contributed by atoms with Gasteiger partial charge in [0.15, 0.2) is 5.78 Å². The Balaban J connectivity index is 2.73. The number of carbonyl (C=O) groups excluding carboxylic acids is 3. The number of hydrogen-bond acceptors (Lipinski definition) is 6. The lowest BCUT2D eigenvalue weighted by Gasteiger charge is -2.32. The minimum Gasteiger partial charge on any atom is -0.394 e. The summed E-state index contributed by atoms with van der Waals surface area (Å²) in [6.45, 7) is 9.91. The van der Waals surface area contributed by atoms with Gasteiger partial charge in [0.1, 0.15) is 12.1 Å². The maximum absolute atomic E-state index is 12.7. The van der Waals surface area contributed by atoms with Gasteiger partial charge in [0.05, 0.1) is 18.6 Å². The smallest absolute Gasteiger partial charge is 0.245 e. The molecule has 0 aromatic rings. The molecule has 1 fully saturated rings. The van der Waals surface area contributed by atoms with Crippen LogP contribution in [0.3, 0.4) is 0 Å². The predicted octanol–water partition coefficient (Wildman–Crippen LogP) is -0.174. The van der Waals surface area contributed by atoms with E-state index in [1.807, 2.05) is 0 Å². The Bertz CT molecular complexity index is 536. The SMILES string of the molecule is CC(C)CC1CNCC(C(=O)N[C@H](C(=O)N[C@H](CO)C(=O)C(C)C)[C@H](C)O)C1. The van der Waals surface area contributed by atoms with Crippen molar-refractivity contribution < 1.29 is 24.6 Å². The molecule has 28 heavy (non-hydrogen) atoms. The average molecular weight is 400 g/mol. The zero-order valence-corrected chi connectivity index (χ0v) is 17.7. The fourth-order valence-electron chi connectivity index (χ4n) is 3.62. The highest BCUT2D eigenvalue weighted by atomic mass is 16.3. The van der Waals surface area contributed by atoms with Crippen LogP contribution in [0.4, 0.5) is 0 Å². The van der Waals surface area contributed by atoms with Crippen LogP contribution in [-0.2, 0) is 14.4 Å². The summed E-state index contributed by atoms with van der Waals surface area (Å²) in [7, 11) is 0. The molecule has 0 aliphatic carbocycles. The van der Waals surface area contributed by atoms with E-state index in [9.17, 15) is 24.6 Å². The van der Waals surface area contributed by atoms with Crippen molar-refractivity contribution in [1.82, 2.24) is 16.0 Å². The Morgan fingerprint density at radius 2 is 1.71 bits per heavy atom. The standard InChI is InChI=1S/C20H37N3O5/c1-11(2)6-14-7-15(9-21-8-14)19(27)23-17(13(5)25)20(28)22-16(10-24)18(26)12(3)4/h11-17,21,24-25H,6-10H2,1-5H3,(H,22,28)(H,23,27)/t13-,14?,15?,16+,17-/m0/s1. The highest BCUT2D eigenvalue weighted by molar-refractivity contribution is 5.94. The molecule has 1 aliphatic heterocycles. The number of Topliss-reactive ketones (excluding diaryl/α,β-unsaturated/α-hetero) is 1. The first-order valence-electron chi connectivity index (χ1n) is 10.2. The van der Waals surface area contributed by atoms with Crippen LogP contribution in [-0.4, -0.2) is 65.7 Å². The highest BCUT2D eigenvalue weighted by Gasteiger charge is 2.33. The molecule has 1 aliphatic rings. The van der Waals surface area contributed by atoms with Crippen molar-refractivity contribution in [3.8, 4) is 0 Å². The Kier molecular flexibility index (Phi) is 10.1. The summed E-state index contributed by atoms with van der Waals surface area (Å²) in [5, 5.41) is 27.7. The summed E-state index contributed by atoms with van der Waals surface area (Å²) in [6, 6.07) is -2.25. The first-order valence-corrected chi connectivity index (χ1v) is 10.2. The molecule has 0 radical (unpaired) electrons. The van der Waals surface area contributed by atoms with Crippen molar-refractivity contribution in [1.29, 1.82) is 0 Å². The summed E-state index contributed by atoms with van der Waals surface area (Å²) < 4.78 is 0. The van der Waals surface area contributed by atoms with E-state index in [-0.39, 0.29) is 23.5 Å². The lowest BCUT2D eigenvalue weighted by atomic mass is 9.84. The second kappa shape index (κ2) is 11.5. The van der Waals surface area contributed by atoms with Gasteiger partial charge in [-0.15, -0.1) is 0 Å². The van der Waals surface area contributed by atoms with E-state index in [4.69, 9.17) is 0 Å². The van der Waals surface area contributed by atoms with Gasteiger partial charge in [0.25, 0.3) is 0 Å². The molecule has 1 saturated heterocycles. The summed E-state index contributed by atoms with van der Waals surface area (Å²) in [5.74, 6) is -0.985. The molecule has 1 heterocycles. The number of amides is 2. The molecule has 2 unspecified atom stereocenters. The third kappa shape index (κ3) is 7.48. The van der Waals surface area contributed by atoms with Crippen LogP contribution in [0.15, 0.2) is 0 Å². The largest absolute Gasteiger partial charge is 0.394 e. The van der Waals surface area contributed by atoms with Gasteiger partial charge in [-0.25, -0.2) is 0 Å². The summed E-state index contributed by atoms with van der Waals surface area (Å²) in [5.41, 5.74) is 0. The topological polar surface area (TPSA) is 128 Å². The lowest BCUT2D eigenvalue weighted by molar-refractivity contribution is -0.136. The molecule has 162 valence electrons. The molecule has 8 heteroatoms. The van der Waals surface area contributed by atoms with Crippen LogP contribution in [0.5, 0.6) is 0 Å². The van der Waals surface area contributed by atoms with E-state index in [1.165, 1.54) is 6.92 Å². The molecular weight excluding hydrogens is 362 g/mol. The number of hydrogen-bond donors (Lipinski definition) is 5. The maximum Gasteiger partial charge on any atom is 0.245 e. The van der Waals surface area contributed by atoms with E-state index in [0.29, 0.717) is 18.4 Å². The van der Waals surface area contributed by atoms with E-state index in [0.717, 1.165) is 19.4 Å². The zero-order valence-electron chi connectivity index (χ0n) is 17.7. The van der Waals surface area contributed by atoms with E-state index < -0.39 is 30.7 Å². The van der Waals surface area contributed by atoms with Gasteiger partial charge in [-0.2, -0.15) is 0 Å². The van der Waals surface area contributed by atoms with Crippen molar-refractivity contribution in [3.05, 3.63) is 0 Å². The van der Waals surface area contributed by atoms with Gasteiger partial charge in [0, 0.05) is 12.5 Å². The van der Waals surface area contributed by atoms with Gasteiger partial charge in [-0.1, -0.05) is 27.7 Å². The van der Waals surface area contributed by atoms with Crippen LogP contribution < -0.4 is 16.0 Å². The lowest BCUT2D eigenvalue weighted by Crippen LogP contribution is -2.58. The Morgan fingerprint density at radius 3 is 2.21 bits per heavy atom. The van der Waals surface area contributed by atoms with Gasteiger partial charge in [0.2, 0.25) is 11.8 Å². The number of aliphatic hydroxyl groups is 2. The average Bonchev–Trinajstić information content (AvgIpc) is 2.62. The summed E-state index contributed by atoms with van der Waals surface area (Å²) in [6.07, 6.45) is 0.614. The monoisotopic (exact) mass is 399 g/mol. The molecular formula is C20H37N3O5. The van der Waals surface area contributed by atoms with E-state index in [2.05, 4.69) is 29.8 Å². The Morgan fingerprint density at radius 1 is 1.07 bits per heavy atom. The molecule has 0 saturated carbocycles. The third-order valence-corrected chi connectivity index (χ3v) is 5.09. The minimum atomic E-state index is -1.19. The van der Waals surface area contributed by atoms with Gasteiger partial charge >= 0.3 is 0 Å². The molecule has 5 N–H and O–H groups in total. The molecule has 8 nitrogen and oxygen atoms in total. The second-order valence-corrected chi connectivity index (χ2v) is 8.61. The van der Waals surface area contributed by atoms with Crippen LogP contribution >= 0.6 is 0 Å². The van der Waals surface area contributed by atoms with Crippen LogP contribution in [0.2, 0.25) is 0 Å². The van der Waals surface area contributed by atoms with Gasteiger partial charge in [-0.05, 0) is 38.1 Å². The summed E-state index contributed by atoms with van der Waals surface area (Å²) in [4.78, 5) is 37.3. The van der Waals surface area contributed by atoms with Crippen LogP contribution in [0.25, 0.3) is 0 Å². The number of piperidine rings is 1. The van der Waals surface area contributed by atoms with Gasteiger partial charge in [-0.3, -0.25) is 14.4 Å². The first-order chi connectivity index (χ1) is 13.1. The van der Waals surface area contributed by atoms with Crippen molar-refractivity contribution in [2.45, 2.75) is 65.6 Å².